The van der Waals surface area contributed by atoms with Crippen LogP contribution < -0.4 is 0 Å². The summed E-state index contributed by atoms with van der Waals surface area (Å²) in [5.74, 6) is 0.630. The number of hydrogen-bond donors (Lipinski definition) is 1. The van der Waals surface area contributed by atoms with E-state index in [-0.39, 0.29) is 11.6 Å². The molecule has 0 saturated heterocycles. The first-order chi connectivity index (χ1) is 9.63. The Balaban J connectivity index is 1.99. The molecule has 0 aliphatic carbocycles. The van der Waals surface area contributed by atoms with Crippen LogP contribution in [0.2, 0.25) is 0 Å². The van der Waals surface area contributed by atoms with Crippen molar-refractivity contribution in [3.8, 4) is 28.6 Å². The van der Waals surface area contributed by atoms with Crippen LogP contribution in [0.5, 0.6) is 5.75 Å². The molecule has 1 N–H and O–H groups in total. The first kappa shape index (κ1) is 12.3. The average molecular weight is 270 g/mol. The summed E-state index contributed by atoms with van der Waals surface area (Å²) in [5, 5.41) is 13.3. The molecule has 5 heteroatoms. The average Bonchev–Trinajstić information content (AvgIpc) is 2.89. The summed E-state index contributed by atoms with van der Waals surface area (Å²) in [6.45, 7) is 1.84. The van der Waals surface area contributed by atoms with Gasteiger partial charge in [0, 0.05) is 11.1 Å². The standard InChI is InChI=1S/C15H11FN2O2/c1-9-8-12(19)6-7-13(9)15-17-14(18-20-15)10-2-4-11(16)5-3-10/h2-8,19H,1H3. The molecule has 4 nitrogen and oxygen atoms in total. The molecule has 1 aromatic heterocycles. The summed E-state index contributed by atoms with van der Waals surface area (Å²) in [7, 11) is 0. The van der Waals surface area contributed by atoms with Crippen LogP contribution in [-0.2, 0) is 0 Å². The highest BCUT2D eigenvalue weighted by atomic mass is 19.1. The number of aromatic nitrogens is 2. The molecule has 100 valence electrons. The van der Waals surface area contributed by atoms with E-state index in [0.29, 0.717) is 17.3 Å². The van der Waals surface area contributed by atoms with Gasteiger partial charge in [0.1, 0.15) is 11.6 Å². The van der Waals surface area contributed by atoms with E-state index in [1.807, 2.05) is 6.92 Å². The molecule has 0 saturated carbocycles. The van der Waals surface area contributed by atoms with E-state index in [1.165, 1.54) is 12.1 Å². The van der Waals surface area contributed by atoms with Crippen molar-refractivity contribution < 1.29 is 14.0 Å². The molecule has 0 unspecified atom stereocenters. The van der Waals surface area contributed by atoms with Gasteiger partial charge in [0.05, 0.1) is 0 Å². The Morgan fingerprint density at radius 1 is 1.10 bits per heavy atom. The van der Waals surface area contributed by atoms with Gasteiger partial charge in [0.25, 0.3) is 5.89 Å². The zero-order valence-electron chi connectivity index (χ0n) is 10.7. The summed E-state index contributed by atoms with van der Waals surface area (Å²) in [5.41, 5.74) is 2.26. The summed E-state index contributed by atoms with van der Waals surface area (Å²) < 4.78 is 18.1. The van der Waals surface area contributed by atoms with E-state index in [2.05, 4.69) is 10.1 Å². The van der Waals surface area contributed by atoms with Crippen molar-refractivity contribution in [2.45, 2.75) is 6.92 Å². The van der Waals surface area contributed by atoms with Gasteiger partial charge in [0.15, 0.2) is 0 Å². The van der Waals surface area contributed by atoms with Crippen LogP contribution in [0.3, 0.4) is 0 Å². The van der Waals surface area contributed by atoms with Crippen LogP contribution >= 0.6 is 0 Å². The van der Waals surface area contributed by atoms with Crippen LogP contribution in [0.1, 0.15) is 5.56 Å². The third-order valence-corrected chi connectivity index (χ3v) is 2.97. The van der Waals surface area contributed by atoms with Gasteiger partial charge in [-0.15, -0.1) is 0 Å². The number of hydrogen-bond acceptors (Lipinski definition) is 4. The van der Waals surface area contributed by atoms with Crippen LogP contribution in [0.25, 0.3) is 22.8 Å². The summed E-state index contributed by atoms with van der Waals surface area (Å²) in [6.07, 6.45) is 0. The lowest BCUT2D eigenvalue weighted by Crippen LogP contribution is -1.84. The minimum absolute atomic E-state index is 0.185. The molecule has 20 heavy (non-hydrogen) atoms. The van der Waals surface area contributed by atoms with Crippen molar-refractivity contribution in [3.63, 3.8) is 0 Å². The van der Waals surface area contributed by atoms with Gasteiger partial charge >= 0.3 is 0 Å². The highest BCUT2D eigenvalue weighted by Gasteiger charge is 2.12. The van der Waals surface area contributed by atoms with Crippen LogP contribution in [0.4, 0.5) is 4.39 Å². The maximum absolute atomic E-state index is 12.9. The molecule has 3 rings (SSSR count). The topological polar surface area (TPSA) is 59.2 Å². The minimum atomic E-state index is -0.313. The fourth-order valence-corrected chi connectivity index (χ4v) is 1.94. The molecular formula is C15H11FN2O2. The second-order valence-corrected chi connectivity index (χ2v) is 4.43. The minimum Gasteiger partial charge on any atom is -0.508 e. The van der Waals surface area contributed by atoms with Crippen molar-refractivity contribution in [2.24, 2.45) is 0 Å². The molecule has 0 radical (unpaired) electrons. The van der Waals surface area contributed by atoms with Gasteiger partial charge in [-0.05, 0) is 55.0 Å². The van der Waals surface area contributed by atoms with E-state index in [9.17, 15) is 9.50 Å². The molecule has 3 aromatic rings. The molecule has 0 spiro atoms. The fourth-order valence-electron chi connectivity index (χ4n) is 1.94. The van der Waals surface area contributed by atoms with E-state index in [0.717, 1.165) is 11.1 Å². The van der Waals surface area contributed by atoms with E-state index < -0.39 is 0 Å². The summed E-state index contributed by atoms with van der Waals surface area (Å²) in [4.78, 5) is 4.29. The number of aryl methyl sites for hydroxylation is 1. The molecule has 0 bridgehead atoms. The maximum Gasteiger partial charge on any atom is 0.258 e. The van der Waals surface area contributed by atoms with Gasteiger partial charge in [-0.2, -0.15) is 4.98 Å². The first-order valence-electron chi connectivity index (χ1n) is 6.03. The molecule has 0 aliphatic heterocycles. The Kier molecular flexibility index (Phi) is 2.95. The Hall–Kier alpha value is -2.69. The third-order valence-electron chi connectivity index (χ3n) is 2.97. The van der Waals surface area contributed by atoms with Gasteiger partial charge in [0.2, 0.25) is 5.82 Å². The molecule has 0 atom stereocenters. The van der Waals surface area contributed by atoms with Gasteiger partial charge < -0.3 is 9.63 Å². The quantitative estimate of drug-likeness (QED) is 0.773. The molecular weight excluding hydrogens is 259 g/mol. The number of phenols is 1. The molecule has 1 heterocycles. The largest absolute Gasteiger partial charge is 0.508 e. The number of nitrogens with zero attached hydrogens (tertiary/aromatic N) is 2. The number of benzene rings is 2. The zero-order chi connectivity index (χ0) is 14.1. The predicted octanol–water partition coefficient (Wildman–Crippen LogP) is 3.56. The van der Waals surface area contributed by atoms with Gasteiger partial charge in [-0.3, -0.25) is 0 Å². The molecule has 0 aliphatic rings. The van der Waals surface area contributed by atoms with Gasteiger partial charge in [-0.25, -0.2) is 4.39 Å². The lowest BCUT2D eigenvalue weighted by Gasteiger charge is -2.00. The van der Waals surface area contributed by atoms with Crippen molar-refractivity contribution in [1.29, 1.82) is 0 Å². The molecule has 2 aromatic carbocycles. The van der Waals surface area contributed by atoms with Crippen molar-refractivity contribution in [1.82, 2.24) is 10.1 Å². The number of aromatic hydroxyl groups is 1. The first-order valence-corrected chi connectivity index (χ1v) is 6.03. The maximum atomic E-state index is 12.9. The third kappa shape index (κ3) is 2.25. The number of phenolic OH excluding ortho intramolecular Hbond substituents is 1. The number of halogens is 1. The normalized spacial score (nSPS) is 10.7. The molecule has 0 amide bonds. The lowest BCUT2D eigenvalue weighted by atomic mass is 10.1. The van der Waals surface area contributed by atoms with Crippen LogP contribution in [0, 0.1) is 12.7 Å². The lowest BCUT2D eigenvalue weighted by molar-refractivity contribution is 0.432. The zero-order valence-corrected chi connectivity index (χ0v) is 10.7. The van der Waals surface area contributed by atoms with E-state index in [4.69, 9.17) is 4.52 Å². The second-order valence-electron chi connectivity index (χ2n) is 4.43. The second kappa shape index (κ2) is 4.77. The van der Waals surface area contributed by atoms with E-state index >= 15 is 0 Å². The Morgan fingerprint density at radius 3 is 2.55 bits per heavy atom. The SMILES string of the molecule is Cc1cc(O)ccc1-c1nc(-c2ccc(F)cc2)no1. The van der Waals surface area contributed by atoms with Crippen molar-refractivity contribution in [3.05, 3.63) is 53.8 Å². The van der Waals surface area contributed by atoms with Crippen molar-refractivity contribution in [2.75, 3.05) is 0 Å². The predicted molar refractivity (Wildman–Crippen MR) is 71.5 cm³/mol. The fraction of sp³-hybridized carbons (Fsp3) is 0.0667. The van der Waals surface area contributed by atoms with Crippen LogP contribution in [0.15, 0.2) is 47.0 Å². The van der Waals surface area contributed by atoms with E-state index in [1.54, 1.807) is 30.3 Å². The summed E-state index contributed by atoms with van der Waals surface area (Å²) >= 11 is 0. The monoisotopic (exact) mass is 270 g/mol. The number of rotatable bonds is 2. The smallest absolute Gasteiger partial charge is 0.258 e. The summed E-state index contributed by atoms with van der Waals surface area (Å²) in [6, 6.07) is 10.8. The van der Waals surface area contributed by atoms with Crippen LogP contribution in [-0.4, -0.2) is 15.2 Å². The Bertz CT molecular complexity index is 751. The van der Waals surface area contributed by atoms with Crippen molar-refractivity contribution >= 4 is 0 Å². The Labute approximate surface area is 114 Å². The van der Waals surface area contributed by atoms with Gasteiger partial charge in [-0.1, -0.05) is 5.16 Å². The highest BCUT2D eigenvalue weighted by Crippen LogP contribution is 2.27. The molecule has 0 fully saturated rings. The Morgan fingerprint density at radius 2 is 1.85 bits per heavy atom. The highest BCUT2D eigenvalue weighted by molar-refractivity contribution is 5.63.